The first-order valence-electron chi connectivity index (χ1n) is 9.62. The van der Waals surface area contributed by atoms with Crippen LogP contribution in [-0.2, 0) is 6.42 Å². The molecule has 6 nitrogen and oxygen atoms in total. The second-order valence-electron chi connectivity index (χ2n) is 6.83. The second-order valence-corrected chi connectivity index (χ2v) is 6.83. The van der Waals surface area contributed by atoms with E-state index in [0.29, 0.717) is 59.2 Å². The van der Waals surface area contributed by atoms with Crippen molar-refractivity contribution in [2.45, 2.75) is 26.7 Å². The molecule has 0 saturated carbocycles. The Kier molecular flexibility index (Phi) is 5.13. The van der Waals surface area contributed by atoms with E-state index in [-0.39, 0.29) is 12.0 Å². The molecule has 0 amide bonds. The van der Waals surface area contributed by atoms with Crippen molar-refractivity contribution in [1.82, 2.24) is 0 Å². The van der Waals surface area contributed by atoms with Gasteiger partial charge in [0.15, 0.2) is 18.1 Å². The summed E-state index contributed by atoms with van der Waals surface area (Å²) in [5.74, 6) is 2.38. The molecule has 3 aromatic rings. The highest BCUT2D eigenvalue weighted by Crippen LogP contribution is 2.35. The van der Waals surface area contributed by atoms with Gasteiger partial charge in [0.25, 0.3) is 0 Å². The van der Waals surface area contributed by atoms with Gasteiger partial charge in [-0.25, -0.2) is 0 Å². The zero-order chi connectivity index (χ0) is 20.4. The number of hydrogen-bond donors (Lipinski definition) is 0. The maximum atomic E-state index is 13.4. The van der Waals surface area contributed by atoms with Crippen molar-refractivity contribution in [2.75, 3.05) is 19.8 Å². The van der Waals surface area contributed by atoms with Gasteiger partial charge in [0.2, 0.25) is 5.43 Å². The van der Waals surface area contributed by atoms with Crippen molar-refractivity contribution >= 4 is 11.0 Å². The van der Waals surface area contributed by atoms with Crippen LogP contribution in [0.2, 0.25) is 0 Å². The summed E-state index contributed by atoms with van der Waals surface area (Å²) >= 11 is 0. The van der Waals surface area contributed by atoms with E-state index in [4.69, 9.17) is 23.9 Å². The molecule has 2 aromatic carbocycles. The lowest BCUT2D eigenvalue weighted by atomic mass is 10.0. The maximum absolute atomic E-state index is 13.4. The van der Waals surface area contributed by atoms with Crippen LogP contribution >= 0.6 is 0 Å². The van der Waals surface area contributed by atoms with Crippen molar-refractivity contribution in [3.63, 3.8) is 0 Å². The average molecular weight is 391 g/mol. The highest BCUT2D eigenvalue weighted by atomic mass is 16.5. The second kappa shape index (κ2) is 7.88. The first-order valence-corrected chi connectivity index (χ1v) is 9.62. The number of aryl methyl sites for hydroxylation is 2. The molecule has 0 unspecified atom stereocenters. The number of fused-ring (bicyclic) bond motifs is 2. The van der Waals surface area contributed by atoms with Gasteiger partial charge >= 0.3 is 0 Å². The summed E-state index contributed by atoms with van der Waals surface area (Å²) in [6.07, 6.45) is 1.49. The smallest absolute Gasteiger partial charge is 0.200 e. The Morgan fingerprint density at radius 1 is 1.14 bits per heavy atom. The molecule has 0 N–H and O–H groups in total. The fraction of sp³-hybridized carbons (Fsp3) is 0.304. The summed E-state index contributed by atoms with van der Waals surface area (Å²) in [6, 6.07) is 11.0. The van der Waals surface area contributed by atoms with Gasteiger partial charge in [0.05, 0.1) is 24.2 Å². The molecule has 0 spiro atoms. The van der Waals surface area contributed by atoms with Crippen molar-refractivity contribution in [2.24, 2.45) is 0 Å². The topological polar surface area (TPSA) is 81.7 Å². The Balaban J connectivity index is 1.87. The van der Waals surface area contributed by atoms with E-state index in [1.807, 2.05) is 31.2 Å². The lowest BCUT2D eigenvalue weighted by molar-refractivity contribution is 0.297. The Labute approximate surface area is 168 Å². The Hall–Kier alpha value is -3.46. The van der Waals surface area contributed by atoms with E-state index in [1.165, 1.54) is 0 Å². The lowest BCUT2D eigenvalue weighted by Crippen LogP contribution is -2.09. The van der Waals surface area contributed by atoms with Crippen LogP contribution in [-0.4, -0.2) is 19.8 Å². The molecule has 1 aromatic heterocycles. The summed E-state index contributed by atoms with van der Waals surface area (Å²) in [7, 11) is 0. The van der Waals surface area contributed by atoms with E-state index < -0.39 is 0 Å². The molecule has 2 heterocycles. The van der Waals surface area contributed by atoms with Gasteiger partial charge in [0.1, 0.15) is 23.2 Å². The molecular weight excluding hydrogens is 370 g/mol. The molecule has 0 fully saturated rings. The normalized spacial score (nSPS) is 13.0. The van der Waals surface area contributed by atoms with Crippen LogP contribution in [0.4, 0.5) is 0 Å². The highest BCUT2D eigenvalue weighted by Gasteiger charge is 2.19. The molecule has 6 heteroatoms. The monoisotopic (exact) mass is 391 g/mol. The van der Waals surface area contributed by atoms with E-state index in [1.54, 1.807) is 19.1 Å². The van der Waals surface area contributed by atoms with Gasteiger partial charge in [-0.05, 0) is 42.7 Å². The number of hydrogen-bond acceptors (Lipinski definition) is 6. The van der Waals surface area contributed by atoms with Gasteiger partial charge in [-0.15, -0.1) is 0 Å². The maximum Gasteiger partial charge on any atom is 0.200 e. The van der Waals surface area contributed by atoms with Crippen LogP contribution < -0.4 is 19.6 Å². The van der Waals surface area contributed by atoms with Crippen LogP contribution in [0.15, 0.2) is 39.5 Å². The largest absolute Gasteiger partial charge is 0.490 e. The van der Waals surface area contributed by atoms with Crippen molar-refractivity contribution in [1.29, 1.82) is 5.26 Å². The number of ether oxygens (including phenoxy) is 3. The van der Waals surface area contributed by atoms with E-state index >= 15 is 0 Å². The fourth-order valence-electron chi connectivity index (χ4n) is 3.55. The van der Waals surface area contributed by atoms with Gasteiger partial charge < -0.3 is 18.6 Å². The summed E-state index contributed by atoms with van der Waals surface area (Å²) in [4.78, 5) is 13.4. The number of nitrogens with zero attached hydrogens (tertiary/aromatic N) is 1. The van der Waals surface area contributed by atoms with Gasteiger partial charge in [0, 0.05) is 12.5 Å². The molecule has 0 atom stereocenters. The average Bonchev–Trinajstić information content (AvgIpc) is 2.96. The van der Waals surface area contributed by atoms with Gasteiger partial charge in [-0.2, -0.15) is 5.26 Å². The van der Waals surface area contributed by atoms with Crippen LogP contribution in [0.3, 0.4) is 0 Å². The summed E-state index contributed by atoms with van der Waals surface area (Å²) in [6.45, 7) is 4.87. The molecule has 29 heavy (non-hydrogen) atoms. The van der Waals surface area contributed by atoms with Crippen molar-refractivity contribution < 1.29 is 18.6 Å². The third kappa shape index (κ3) is 3.52. The predicted molar refractivity (Wildman–Crippen MR) is 109 cm³/mol. The number of nitriles is 1. The molecule has 148 valence electrons. The Morgan fingerprint density at radius 2 is 1.93 bits per heavy atom. The van der Waals surface area contributed by atoms with Crippen molar-refractivity contribution in [3.8, 4) is 34.4 Å². The van der Waals surface area contributed by atoms with Crippen LogP contribution in [0.1, 0.15) is 24.7 Å². The molecule has 1 aliphatic heterocycles. The van der Waals surface area contributed by atoms with E-state index in [2.05, 4.69) is 0 Å². The minimum absolute atomic E-state index is 0.0585. The molecule has 0 radical (unpaired) electrons. The zero-order valence-electron chi connectivity index (χ0n) is 16.4. The number of rotatable bonds is 4. The fourth-order valence-corrected chi connectivity index (χ4v) is 3.55. The predicted octanol–water partition coefficient (Wildman–Crippen LogP) is 4.39. The van der Waals surface area contributed by atoms with Crippen molar-refractivity contribution in [3.05, 3.63) is 51.9 Å². The third-order valence-corrected chi connectivity index (χ3v) is 4.96. The number of benzene rings is 2. The standard InChI is InChI=1S/C23H21NO5/c1-3-15-11-17-20(13-19(15)28-10-7-24)29-14(2)22(23(17)25)16-5-6-18-21(12-16)27-9-4-8-26-18/h5-6,11-13H,3-4,8-10H2,1-2H3. The summed E-state index contributed by atoms with van der Waals surface area (Å²) < 4.78 is 22.9. The minimum atomic E-state index is -0.111. The third-order valence-electron chi connectivity index (χ3n) is 4.96. The van der Waals surface area contributed by atoms with E-state index in [9.17, 15) is 4.79 Å². The van der Waals surface area contributed by atoms with Crippen LogP contribution in [0, 0.1) is 18.3 Å². The first kappa shape index (κ1) is 18.9. The van der Waals surface area contributed by atoms with Crippen LogP contribution in [0.25, 0.3) is 22.1 Å². The molecule has 4 rings (SSSR count). The summed E-state index contributed by atoms with van der Waals surface area (Å²) in [5.41, 5.74) is 2.41. The van der Waals surface area contributed by atoms with Gasteiger partial charge in [-0.3, -0.25) is 4.79 Å². The zero-order valence-corrected chi connectivity index (χ0v) is 16.4. The molecule has 0 aliphatic carbocycles. The van der Waals surface area contributed by atoms with E-state index in [0.717, 1.165) is 17.5 Å². The lowest BCUT2D eigenvalue weighted by Gasteiger charge is -2.13. The first-order chi connectivity index (χ1) is 14.1. The quantitative estimate of drug-likeness (QED) is 0.656. The Bertz CT molecular complexity index is 1170. The SMILES string of the molecule is CCc1cc2c(=O)c(-c3ccc4c(c3)OCCCO4)c(C)oc2cc1OCC#N. The molecular formula is C23H21NO5. The molecule has 0 saturated heterocycles. The Morgan fingerprint density at radius 3 is 2.69 bits per heavy atom. The summed E-state index contributed by atoms with van der Waals surface area (Å²) in [5, 5.41) is 9.27. The molecule has 1 aliphatic rings. The van der Waals surface area contributed by atoms with Gasteiger partial charge in [-0.1, -0.05) is 13.0 Å². The van der Waals surface area contributed by atoms with Crippen LogP contribution in [0.5, 0.6) is 17.2 Å². The minimum Gasteiger partial charge on any atom is -0.490 e. The highest BCUT2D eigenvalue weighted by molar-refractivity contribution is 5.85. The molecule has 0 bridgehead atoms.